The predicted molar refractivity (Wildman–Crippen MR) is 85.8 cm³/mol. The molecule has 2 aromatic rings. The van der Waals surface area contributed by atoms with E-state index >= 15 is 0 Å². The van der Waals surface area contributed by atoms with Crippen molar-refractivity contribution in [1.29, 1.82) is 0 Å². The van der Waals surface area contributed by atoms with Crippen LogP contribution in [0.1, 0.15) is 49.0 Å². The predicted octanol–water partition coefficient (Wildman–Crippen LogP) is 3.82. The molecule has 0 aromatic carbocycles. The maximum absolute atomic E-state index is 6.47. The maximum Gasteiger partial charge on any atom is 0.101 e. The van der Waals surface area contributed by atoms with Gasteiger partial charge in [0.05, 0.1) is 22.7 Å². The van der Waals surface area contributed by atoms with E-state index in [-0.39, 0.29) is 6.04 Å². The average Bonchev–Trinajstić information content (AvgIpc) is 3.00. The zero-order valence-corrected chi connectivity index (χ0v) is 14.0. The Hall–Kier alpha value is -1.26. The van der Waals surface area contributed by atoms with E-state index in [1.807, 2.05) is 24.9 Å². The monoisotopic (exact) mass is 309 g/mol. The van der Waals surface area contributed by atoms with Gasteiger partial charge in [0.25, 0.3) is 0 Å². The van der Waals surface area contributed by atoms with Gasteiger partial charge in [0, 0.05) is 25.1 Å². The Bertz CT molecular complexity index is 588. The van der Waals surface area contributed by atoms with E-state index in [4.69, 9.17) is 16.0 Å². The number of rotatable bonds is 7. The van der Waals surface area contributed by atoms with Crippen molar-refractivity contribution < 1.29 is 4.42 Å². The number of aromatic nitrogens is 2. The first-order valence-corrected chi connectivity index (χ1v) is 7.93. The number of furan rings is 1. The molecule has 0 radical (unpaired) electrons. The number of nitrogens with zero attached hydrogens (tertiary/aromatic N) is 2. The molecule has 1 unspecified atom stereocenters. The Balaban J connectivity index is 2.24. The van der Waals surface area contributed by atoms with E-state index in [1.54, 1.807) is 0 Å². The van der Waals surface area contributed by atoms with Crippen LogP contribution >= 0.6 is 11.6 Å². The van der Waals surface area contributed by atoms with Gasteiger partial charge in [-0.3, -0.25) is 4.68 Å². The summed E-state index contributed by atoms with van der Waals surface area (Å²) >= 11 is 6.47. The number of nitrogens with one attached hydrogen (secondary N) is 1. The highest BCUT2D eigenvalue weighted by atomic mass is 35.5. The van der Waals surface area contributed by atoms with E-state index in [0.29, 0.717) is 0 Å². The molecule has 5 heteroatoms. The summed E-state index contributed by atoms with van der Waals surface area (Å²) in [5, 5.41) is 8.86. The Morgan fingerprint density at radius 3 is 2.71 bits per heavy atom. The Labute approximate surface area is 131 Å². The largest absolute Gasteiger partial charge is 0.469 e. The van der Waals surface area contributed by atoms with Gasteiger partial charge in [-0.1, -0.05) is 25.4 Å². The Kier molecular flexibility index (Phi) is 5.48. The number of hydrogen-bond acceptors (Lipinski definition) is 3. The van der Waals surface area contributed by atoms with Crippen molar-refractivity contribution in [3.8, 4) is 0 Å². The lowest BCUT2D eigenvalue weighted by Crippen LogP contribution is -2.24. The highest BCUT2D eigenvalue weighted by Gasteiger charge is 2.20. The molecule has 0 aliphatic heterocycles. The molecule has 0 fully saturated rings. The second kappa shape index (κ2) is 7.14. The molecule has 0 saturated heterocycles. The summed E-state index contributed by atoms with van der Waals surface area (Å²) in [5.74, 6) is 0.929. The van der Waals surface area contributed by atoms with Crippen molar-refractivity contribution in [2.24, 2.45) is 7.05 Å². The van der Waals surface area contributed by atoms with Crippen molar-refractivity contribution in [2.45, 2.75) is 46.1 Å². The van der Waals surface area contributed by atoms with Gasteiger partial charge in [-0.25, -0.2) is 0 Å². The molecular formula is C16H24ClN3O. The topological polar surface area (TPSA) is 43.0 Å². The van der Waals surface area contributed by atoms with Crippen LogP contribution in [0.5, 0.6) is 0 Å². The highest BCUT2D eigenvalue weighted by molar-refractivity contribution is 6.31. The molecule has 1 atom stereocenters. The molecule has 0 aliphatic carbocycles. The van der Waals surface area contributed by atoms with Crippen molar-refractivity contribution in [1.82, 2.24) is 15.1 Å². The second-order valence-corrected chi connectivity index (χ2v) is 5.76. The van der Waals surface area contributed by atoms with Crippen LogP contribution in [0.25, 0.3) is 0 Å². The number of halogens is 1. The molecule has 0 amide bonds. The second-order valence-electron chi connectivity index (χ2n) is 5.39. The molecule has 4 nitrogen and oxygen atoms in total. The van der Waals surface area contributed by atoms with Crippen LogP contribution in [0.2, 0.25) is 5.02 Å². The minimum atomic E-state index is 0.194. The summed E-state index contributed by atoms with van der Waals surface area (Å²) in [6, 6.07) is 2.28. The van der Waals surface area contributed by atoms with E-state index in [0.717, 1.165) is 53.5 Å². The van der Waals surface area contributed by atoms with Crippen LogP contribution < -0.4 is 5.32 Å². The SMILES string of the molecule is CCCNC(Cc1c(Cl)c(CC)nn1C)c1coc(C)c1. The third-order valence-corrected chi connectivity index (χ3v) is 4.13. The van der Waals surface area contributed by atoms with Crippen molar-refractivity contribution in [3.63, 3.8) is 0 Å². The molecule has 21 heavy (non-hydrogen) atoms. The first-order chi connectivity index (χ1) is 10.1. The fourth-order valence-electron chi connectivity index (χ4n) is 2.51. The van der Waals surface area contributed by atoms with Gasteiger partial charge in [0.15, 0.2) is 0 Å². The standard InChI is InChI=1S/C16H24ClN3O/c1-5-7-18-14(12-8-11(3)21-10-12)9-15-16(17)13(6-2)19-20(15)4/h8,10,14,18H,5-7,9H2,1-4H3. The van der Waals surface area contributed by atoms with E-state index in [1.165, 1.54) is 0 Å². The summed E-state index contributed by atoms with van der Waals surface area (Å²) in [7, 11) is 1.96. The molecule has 1 N–H and O–H groups in total. The van der Waals surface area contributed by atoms with Crippen LogP contribution in [-0.2, 0) is 19.9 Å². The van der Waals surface area contributed by atoms with Gasteiger partial charge in [-0.2, -0.15) is 5.10 Å². The summed E-state index contributed by atoms with van der Waals surface area (Å²) in [5.41, 5.74) is 3.20. The highest BCUT2D eigenvalue weighted by Crippen LogP contribution is 2.27. The molecule has 2 rings (SSSR count). The van der Waals surface area contributed by atoms with E-state index < -0.39 is 0 Å². The van der Waals surface area contributed by atoms with Gasteiger partial charge in [-0.05, 0) is 32.4 Å². The third kappa shape index (κ3) is 3.69. The van der Waals surface area contributed by atoms with Crippen molar-refractivity contribution in [2.75, 3.05) is 6.54 Å². The summed E-state index contributed by atoms with van der Waals surface area (Å²) < 4.78 is 7.35. The molecular weight excluding hydrogens is 286 g/mol. The molecule has 2 heterocycles. The molecule has 0 spiro atoms. The fraction of sp³-hybridized carbons (Fsp3) is 0.562. The van der Waals surface area contributed by atoms with Gasteiger partial charge in [-0.15, -0.1) is 0 Å². The maximum atomic E-state index is 6.47. The van der Waals surface area contributed by atoms with Crippen LogP contribution in [0.15, 0.2) is 16.7 Å². The quantitative estimate of drug-likeness (QED) is 0.845. The lowest BCUT2D eigenvalue weighted by Gasteiger charge is -2.17. The molecule has 0 bridgehead atoms. The van der Waals surface area contributed by atoms with Crippen LogP contribution in [-0.4, -0.2) is 16.3 Å². The summed E-state index contributed by atoms with van der Waals surface area (Å²) in [6.45, 7) is 7.17. The van der Waals surface area contributed by atoms with Crippen molar-refractivity contribution >= 4 is 11.6 Å². The van der Waals surface area contributed by atoms with Crippen LogP contribution in [0.3, 0.4) is 0 Å². The smallest absolute Gasteiger partial charge is 0.101 e. The summed E-state index contributed by atoms with van der Waals surface area (Å²) in [4.78, 5) is 0. The van der Waals surface area contributed by atoms with Gasteiger partial charge in [0.1, 0.15) is 5.76 Å². The number of hydrogen-bond donors (Lipinski definition) is 1. The minimum absolute atomic E-state index is 0.194. The third-order valence-electron chi connectivity index (χ3n) is 3.69. The van der Waals surface area contributed by atoms with E-state index in [9.17, 15) is 0 Å². The first-order valence-electron chi connectivity index (χ1n) is 7.55. The number of aryl methyl sites for hydroxylation is 3. The minimum Gasteiger partial charge on any atom is -0.469 e. The molecule has 2 aromatic heterocycles. The average molecular weight is 310 g/mol. The zero-order chi connectivity index (χ0) is 15.4. The zero-order valence-electron chi connectivity index (χ0n) is 13.2. The first kappa shape index (κ1) is 16.1. The lowest BCUT2D eigenvalue weighted by molar-refractivity contribution is 0.494. The fourth-order valence-corrected chi connectivity index (χ4v) is 2.88. The van der Waals surface area contributed by atoms with Crippen LogP contribution in [0.4, 0.5) is 0 Å². The van der Waals surface area contributed by atoms with Gasteiger partial charge >= 0.3 is 0 Å². The molecule has 0 aliphatic rings. The van der Waals surface area contributed by atoms with E-state index in [2.05, 4.69) is 30.3 Å². The lowest BCUT2D eigenvalue weighted by atomic mass is 10.0. The molecule has 116 valence electrons. The van der Waals surface area contributed by atoms with Gasteiger partial charge in [0.2, 0.25) is 0 Å². The Morgan fingerprint density at radius 2 is 2.19 bits per heavy atom. The Morgan fingerprint density at radius 1 is 1.43 bits per heavy atom. The summed E-state index contributed by atoms with van der Waals surface area (Å²) in [6.07, 6.45) is 4.58. The normalized spacial score (nSPS) is 12.8. The molecule has 0 saturated carbocycles. The van der Waals surface area contributed by atoms with Gasteiger partial charge < -0.3 is 9.73 Å². The van der Waals surface area contributed by atoms with Crippen molar-refractivity contribution in [3.05, 3.63) is 40.1 Å². The van der Waals surface area contributed by atoms with Crippen LogP contribution in [0, 0.1) is 6.92 Å².